The van der Waals surface area contributed by atoms with Crippen LogP contribution in [0, 0.1) is 10.1 Å². The number of halogens is 2. The highest BCUT2D eigenvalue weighted by Crippen LogP contribution is 2.38. The van der Waals surface area contributed by atoms with Gasteiger partial charge in [-0.2, -0.15) is 0 Å². The Morgan fingerprint density at radius 3 is 2.26 bits per heavy atom. The summed E-state index contributed by atoms with van der Waals surface area (Å²) in [6.45, 7) is 2.27. The van der Waals surface area contributed by atoms with Gasteiger partial charge >= 0.3 is 6.03 Å². The predicted molar refractivity (Wildman–Crippen MR) is 171 cm³/mol. The Kier molecular flexibility index (Phi) is 9.85. The van der Waals surface area contributed by atoms with Crippen LogP contribution in [-0.2, 0) is 22.8 Å². The van der Waals surface area contributed by atoms with Crippen molar-refractivity contribution in [3.8, 4) is 17.2 Å². The lowest BCUT2D eigenvalue weighted by Crippen LogP contribution is -2.54. The average molecular weight is 662 g/mol. The van der Waals surface area contributed by atoms with Crippen LogP contribution in [0.25, 0.3) is 6.08 Å². The van der Waals surface area contributed by atoms with Crippen molar-refractivity contribution in [1.82, 2.24) is 5.32 Å². The van der Waals surface area contributed by atoms with Gasteiger partial charge in [-0.15, -0.1) is 0 Å². The molecule has 1 heterocycles. The summed E-state index contributed by atoms with van der Waals surface area (Å²) in [7, 11) is 0. The van der Waals surface area contributed by atoms with Gasteiger partial charge in [0.05, 0.1) is 22.2 Å². The van der Waals surface area contributed by atoms with Crippen LogP contribution in [0.5, 0.6) is 17.2 Å². The number of nitro benzene ring substituents is 1. The lowest BCUT2D eigenvalue weighted by atomic mass is 10.1. The van der Waals surface area contributed by atoms with Gasteiger partial charge in [-0.25, -0.2) is 9.69 Å². The van der Waals surface area contributed by atoms with Crippen LogP contribution in [0.2, 0.25) is 10.0 Å². The lowest BCUT2D eigenvalue weighted by Gasteiger charge is -2.26. The van der Waals surface area contributed by atoms with E-state index < -0.39 is 22.8 Å². The number of barbiturate groups is 1. The summed E-state index contributed by atoms with van der Waals surface area (Å²) < 4.78 is 17.4. The fourth-order valence-corrected chi connectivity index (χ4v) is 4.93. The van der Waals surface area contributed by atoms with Crippen molar-refractivity contribution in [3.05, 3.63) is 127 Å². The minimum absolute atomic E-state index is 0.0417. The largest absolute Gasteiger partial charge is 0.490 e. The molecule has 0 radical (unpaired) electrons. The molecule has 0 saturated carbocycles. The third-order valence-electron chi connectivity index (χ3n) is 6.72. The highest BCUT2D eigenvalue weighted by Gasteiger charge is 2.37. The number of carbonyl (C=O) groups excluding carboxylic acids is 3. The Hall–Kier alpha value is -5.39. The van der Waals surface area contributed by atoms with Crippen LogP contribution in [0.3, 0.4) is 0 Å². The maximum atomic E-state index is 13.5. The van der Waals surface area contributed by atoms with Gasteiger partial charge in [-0.1, -0.05) is 41.4 Å². The molecule has 0 aliphatic carbocycles. The molecule has 46 heavy (non-hydrogen) atoms. The van der Waals surface area contributed by atoms with Crippen LogP contribution in [0.4, 0.5) is 16.2 Å². The molecule has 4 aromatic carbocycles. The molecule has 4 aromatic rings. The second-order valence-corrected chi connectivity index (χ2v) is 10.6. The lowest BCUT2D eigenvalue weighted by molar-refractivity contribution is -0.384. The number of nitrogens with zero attached hydrogens (tertiary/aromatic N) is 2. The summed E-state index contributed by atoms with van der Waals surface area (Å²) in [5, 5.41) is 13.8. The number of hydrogen-bond acceptors (Lipinski definition) is 8. The number of anilines is 1. The molecular formula is C33H25Cl2N3O8. The number of nitrogens with one attached hydrogen (secondary N) is 1. The third kappa shape index (κ3) is 7.28. The van der Waals surface area contributed by atoms with E-state index in [1.807, 2.05) is 18.2 Å². The highest BCUT2D eigenvalue weighted by molar-refractivity contribution is 6.39. The third-order valence-corrected chi connectivity index (χ3v) is 7.37. The zero-order valence-electron chi connectivity index (χ0n) is 24.2. The molecule has 0 aromatic heterocycles. The average Bonchev–Trinajstić information content (AvgIpc) is 3.03. The van der Waals surface area contributed by atoms with Crippen molar-refractivity contribution in [1.29, 1.82) is 0 Å². The minimum atomic E-state index is -0.903. The number of rotatable bonds is 11. The minimum Gasteiger partial charge on any atom is -0.490 e. The van der Waals surface area contributed by atoms with Crippen molar-refractivity contribution in [2.24, 2.45) is 0 Å². The molecule has 0 spiro atoms. The molecule has 1 fully saturated rings. The molecule has 11 nitrogen and oxygen atoms in total. The second kappa shape index (κ2) is 14.1. The Labute approximate surface area is 273 Å². The fourth-order valence-electron chi connectivity index (χ4n) is 4.47. The van der Waals surface area contributed by atoms with Crippen molar-refractivity contribution in [2.75, 3.05) is 11.5 Å². The summed E-state index contributed by atoms with van der Waals surface area (Å²) in [5.41, 5.74) is 1.65. The van der Waals surface area contributed by atoms with Gasteiger partial charge in [0, 0.05) is 22.7 Å². The predicted octanol–water partition coefficient (Wildman–Crippen LogP) is 7.12. The van der Waals surface area contributed by atoms with Crippen LogP contribution >= 0.6 is 23.2 Å². The molecule has 1 aliphatic heterocycles. The van der Waals surface area contributed by atoms with Crippen LogP contribution in [0.1, 0.15) is 23.6 Å². The molecule has 1 saturated heterocycles. The molecule has 1 aliphatic rings. The van der Waals surface area contributed by atoms with Gasteiger partial charge in [-0.05, 0) is 78.7 Å². The second-order valence-electron chi connectivity index (χ2n) is 9.81. The summed E-state index contributed by atoms with van der Waals surface area (Å²) in [5.74, 6) is -0.788. The number of non-ortho nitro benzene ring substituents is 1. The Balaban J connectivity index is 1.34. The Morgan fingerprint density at radius 1 is 0.870 bits per heavy atom. The van der Waals surface area contributed by atoms with Crippen LogP contribution < -0.4 is 24.4 Å². The summed E-state index contributed by atoms with van der Waals surface area (Å²) in [6.07, 6.45) is 1.30. The highest BCUT2D eigenvalue weighted by atomic mass is 35.5. The van der Waals surface area contributed by atoms with E-state index in [0.717, 1.165) is 10.5 Å². The summed E-state index contributed by atoms with van der Waals surface area (Å²) >= 11 is 12.7. The maximum Gasteiger partial charge on any atom is 0.335 e. The number of nitro groups is 1. The monoisotopic (exact) mass is 661 g/mol. The van der Waals surface area contributed by atoms with Gasteiger partial charge in [0.1, 0.15) is 24.5 Å². The number of imide groups is 2. The van der Waals surface area contributed by atoms with E-state index in [0.29, 0.717) is 21.9 Å². The summed E-state index contributed by atoms with van der Waals surface area (Å²) in [6, 6.07) is 21.5. The quantitative estimate of drug-likeness (QED) is 0.0776. The first-order valence-corrected chi connectivity index (χ1v) is 14.6. The molecule has 4 amide bonds. The van der Waals surface area contributed by atoms with E-state index in [9.17, 15) is 24.5 Å². The first kappa shape index (κ1) is 32.0. The molecule has 234 valence electrons. The van der Waals surface area contributed by atoms with E-state index in [2.05, 4.69) is 5.32 Å². The van der Waals surface area contributed by atoms with Gasteiger partial charge in [-0.3, -0.25) is 25.0 Å². The van der Waals surface area contributed by atoms with Crippen molar-refractivity contribution in [2.45, 2.75) is 20.1 Å². The Morgan fingerprint density at radius 2 is 1.59 bits per heavy atom. The fraction of sp³-hybridized carbons (Fsp3) is 0.121. The molecular weight excluding hydrogens is 637 g/mol. The molecule has 1 N–H and O–H groups in total. The van der Waals surface area contributed by atoms with E-state index in [-0.39, 0.29) is 53.3 Å². The number of urea groups is 1. The zero-order chi connectivity index (χ0) is 32.8. The number of amides is 4. The van der Waals surface area contributed by atoms with Crippen LogP contribution in [-0.4, -0.2) is 29.4 Å². The SMILES string of the molecule is CCOc1cc(/C=C2\C(=O)NC(=O)N(c3ccc(OCc4ccccc4Cl)cc3)C2=O)cc(Cl)c1OCc1ccc([N+](=O)[O-])cc1. The van der Waals surface area contributed by atoms with Gasteiger partial charge < -0.3 is 14.2 Å². The zero-order valence-corrected chi connectivity index (χ0v) is 25.7. The van der Waals surface area contributed by atoms with Crippen molar-refractivity contribution < 1.29 is 33.5 Å². The molecule has 0 bridgehead atoms. The van der Waals surface area contributed by atoms with Crippen LogP contribution in [0.15, 0.2) is 90.5 Å². The number of carbonyl (C=O) groups is 3. The van der Waals surface area contributed by atoms with E-state index >= 15 is 0 Å². The maximum absolute atomic E-state index is 13.5. The number of ether oxygens (including phenoxy) is 3. The van der Waals surface area contributed by atoms with E-state index in [4.69, 9.17) is 37.4 Å². The molecule has 0 unspecified atom stereocenters. The van der Waals surface area contributed by atoms with Gasteiger partial charge in [0.15, 0.2) is 11.5 Å². The van der Waals surface area contributed by atoms with Crippen molar-refractivity contribution >= 4 is 58.5 Å². The first-order valence-electron chi connectivity index (χ1n) is 13.8. The normalized spacial score (nSPS) is 13.8. The number of hydrogen-bond donors (Lipinski definition) is 1. The number of benzene rings is 4. The van der Waals surface area contributed by atoms with Gasteiger partial charge in [0.25, 0.3) is 17.5 Å². The van der Waals surface area contributed by atoms with E-state index in [1.165, 1.54) is 36.4 Å². The molecule has 0 atom stereocenters. The summed E-state index contributed by atoms with van der Waals surface area (Å²) in [4.78, 5) is 50.3. The van der Waals surface area contributed by atoms with E-state index in [1.54, 1.807) is 43.3 Å². The van der Waals surface area contributed by atoms with Gasteiger partial charge in [0.2, 0.25) is 0 Å². The smallest absolute Gasteiger partial charge is 0.335 e. The topological polar surface area (TPSA) is 137 Å². The standard InChI is InChI=1S/C33H25Cl2N3O8/c1-2-44-29-17-21(16-28(35)30(29)46-18-20-7-9-24(10-8-20)38(42)43)15-26-31(39)36-33(41)37(32(26)40)23-11-13-25(14-12-23)45-19-22-5-3-4-6-27(22)34/h3-17H,2,18-19H2,1H3,(H,36,39,41)/b26-15+. The molecule has 5 rings (SSSR count). The van der Waals surface area contributed by atoms with Crippen molar-refractivity contribution in [3.63, 3.8) is 0 Å². The molecule has 13 heteroatoms. The Bertz CT molecular complexity index is 1840. The first-order chi connectivity index (χ1) is 22.1.